The minimum atomic E-state index is -0.722. The number of thiophene rings is 1. The van der Waals surface area contributed by atoms with Gasteiger partial charge in [0.2, 0.25) is 0 Å². The maximum absolute atomic E-state index is 14.1. The molecule has 1 aliphatic rings. The van der Waals surface area contributed by atoms with Gasteiger partial charge in [0.15, 0.2) is 11.4 Å². The second-order valence-electron chi connectivity index (χ2n) is 8.85. The summed E-state index contributed by atoms with van der Waals surface area (Å²) < 4.78 is 19.8. The van der Waals surface area contributed by atoms with Crippen LogP contribution in [-0.2, 0) is 19.1 Å². The van der Waals surface area contributed by atoms with E-state index in [1.165, 1.54) is 22.7 Å². The Bertz CT molecular complexity index is 1850. The predicted molar refractivity (Wildman–Crippen MR) is 174 cm³/mol. The van der Waals surface area contributed by atoms with Gasteiger partial charge in [0.25, 0.3) is 5.56 Å². The molecule has 0 saturated heterocycles. The molecule has 0 fully saturated rings. The molecule has 2 aromatic carbocycles. The SMILES string of the molecule is CCOC(=O)COc1c(I)cc(Br)cc1/C=c1\sc2n(c1=O)[C@H](c1cccs1)C(C(=O)OCC)=C(c1ccccc1)N=2. The summed E-state index contributed by atoms with van der Waals surface area (Å²) in [5.74, 6) is -0.564. The lowest BCUT2D eigenvalue weighted by Crippen LogP contribution is -2.39. The Labute approximate surface area is 271 Å². The molecule has 0 radical (unpaired) electrons. The number of hydrogen-bond donors (Lipinski definition) is 0. The standard InChI is InChI=1S/C30H24BrIN2O6S2/c1-3-38-23(35)16-40-27-18(13-19(31)15-20(27)32)14-22-28(36)34-26(21-11-8-12-41-21)24(29(37)39-4-2)25(33-30(34)42-22)17-9-6-5-7-10-17/h5-15,26H,3-4,16H2,1-2H3/b22-14-/t26-/m1/s1. The number of nitrogens with zero attached hydrogens (tertiary/aromatic N) is 2. The molecule has 2 aromatic heterocycles. The Morgan fingerprint density at radius 1 is 1.10 bits per heavy atom. The Morgan fingerprint density at radius 3 is 2.55 bits per heavy atom. The van der Waals surface area contributed by atoms with E-state index in [0.717, 1.165) is 18.5 Å². The Morgan fingerprint density at radius 2 is 1.86 bits per heavy atom. The van der Waals surface area contributed by atoms with Crippen molar-refractivity contribution in [1.29, 1.82) is 0 Å². The fourth-order valence-electron chi connectivity index (χ4n) is 4.47. The van der Waals surface area contributed by atoms with Gasteiger partial charge in [-0.1, -0.05) is 63.7 Å². The van der Waals surface area contributed by atoms with Crippen LogP contribution in [0.25, 0.3) is 11.8 Å². The van der Waals surface area contributed by atoms with Crippen LogP contribution in [0.1, 0.15) is 35.9 Å². The highest BCUT2D eigenvalue weighted by atomic mass is 127. The van der Waals surface area contributed by atoms with Crippen molar-refractivity contribution in [2.24, 2.45) is 4.99 Å². The van der Waals surface area contributed by atoms with Crippen LogP contribution < -0.4 is 19.6 Å². The van der Waals surface area contributed by atoms with Gasteiger partial charge in [0.05, 0.1) is 32.6 Å². The van der Waals surface area contributed by atoms with Crippen molar-refractivity contribution in [3.8, 4) is 5.75 Å². The maximum atomic E-state index is 14.1. The second kappa shape index (κ2) is 13.5. The molecule has 0 bridgehead atoms. The van der Waals surface area contributed by atoms with Crippen LogP contribution in [0.5, 0.6) is 5.75 Å². The quantitative estimate of drug-likeness (QED) is 0.169. The van der Waals surface area contributed by atoms with E-state index in [0.29, 0.717) is 31.9 Å². The third-order valence-corrected chi connectivity index (χ3v) is 9.32. The molecule has 1 atom stereocenters. The summed E-state index contributed by atoms with van der Waals surface area (Å²) in [5.41, 5.74) is 1.81. The summed E-state index contributed by atoms with van der Waals surface area (Å²) in [6.07, 6.45) is 1.72. The van der Waals surface area contributed by atoms with Crippen molar-refractivity contribution < 1.29 is 23.8 Å². The van der Waals surface area contributed by atoms with Gasteiger partial charge in [-0.15, -0.1) is 11.3 Å². The molecule has 0 unspecified atom stereocenters. The summed E-state index contributed by atoms with van der Waals surface area (Å²) in [7, 11) is 0. The van der Waals surface area contributed by atoms with E-state index in [2.05, 4.69) is 38.5 Å². The zero-order valence-corrected chi connectivity index (χ0v) is 27.8. The molecule has 5 rings (SSSR count). The second-order valence-corrected chi connectivity index (χ2v) is 12.9. The van der Waals surface area contributed by atoms with Gasteiger partial charge < -0.3 is 14.2 Å². The van der Waals surface area contributed by atoms with Gasteiger partial charge in [-0.05, 0) is 66.1 Å². The van der Waals surface area contributed by atoms with Crippen LogP contribution in [0.2, 0.25) is 0 Å². The first kappa shape index (κ1) is 30.4. The molecule has 12 heteroatoms. The first-order valence-electron chi connectivity index (χ1n) is 12.9. The van der Waals surface area contributed by atoms with E-state index in [4.69, 9.17) is 19.2 Å². The average molecular weight is 779 g/mol. The largest absolute Gasteiger partial charge is 0.480 e. The third-order valence-electron chi connectivity index (χ3n) is 6.15. The van der Waals surface area contributed by atoms with E-state index in [1.807, 2.05) is 60.0 Å². The number of halogens is 2. The number of fused-ring (bicyclic) bond motifs is 1. The first-order valence-corrected chi connectivity index (χ1v) is 16.5. The molecule has 0 N–H and O–H groups in total. The normalized spacial score (nSPS) is 14.8. The van der Waals surface area contributed by atoms with Crippen molar-refractivity contribution in [2.45, 2.75) is 19.9 Å². The van der Waals surface area contributed by atoms with E-state index in [9.17, 15) is 14.4 Å². The van der Waals surface area contributed by atoms with Crippen LogP contribution in [-0.4, -0.2) is 36.3 Å². The fourth-order valence-corrected chi connectivity index (χ4v) is 7.99. The number of rotatable bonds is 9. The molecule has 0 amide bonds. The minimum Gasteiger partial charge on any atom is -0.480 e. The lowest BCUT2D eigenvalue weighted by Gasteiger charge is -2.24. The molecule has 216 valence electrons. The highest BCUT2D eigenvalue weighted by Crippen LogP contribution is 2.37. The lowest BCUT2D eigenvalue weighted by molar-refractivity contribution is -0.145. The molecule has 8 nitrogen and oxygen atoms in total. The van der Waals surface area contributed by atoms with Crippen LogP contribution >= 0.6 is 61.2 Å². The topological polar surface area (TPSA) is 96.2 Å². The molecule has 0 saturated carbocycles. The van der Waals surface area contributed by atoms with Gasteiger partial charge >= 0.3 is 11.9 Å². The van der Waals surface area contributed by atoms with Crippen LogP contribution in [0.3, 0.4) is 0 Å². The molecule has 42 heavy (non-hydrogen) atoms. The number of hydrogen-bond acceptors (Lipinski definition) is 9. The van der Waals surface area contributed by atoms with Gasteiger partial charge in [-0.2, -0.15) is 0 Å². The highest BCUT2D eigenvalue weighted by Gasteiger charge is 2.35. The van der Waals surface area contributed by atoms with Gasteiger partial charge in [-0.3, -0.25) is 9.36 Å². The third kappa shape index (κ3) is 6.31. The molecule has 0 aliphatic carbocycles. The van der Waals surface area contributed by atoms with Crippen molar-refractivity contribution in [2.75, 3.05) is 19.8 Å². The van der Waals surface area contributed by atoms with Crippen LogP contribution in [0.4, 0.5) is 0 Å². The highest BCUT2D eigenvalue weighted by molar-refractivity contribution is 14.1. The van der Waals surface area contributed by atoms with E-state index in [1.54, 1.807) is 24.5 Å². The summed E-state index contributed by atoms with van der Waals surface area (Å²) >= 11 is 8.31. The van der Waals surface area contributed by atoms with Crippen LogP contribution in [0.15, 0.2) is 79.8 Å². The summed E-state index contributed by atoms with van der Waals surface area (Å²) in [6.45, 7) is 3.64. The van der Waals surface area contributed by atoms with Crippen molar-refractivity contribution in [3.05, 3.63) is 109 Å². The number of carbonyl (C=O) groups is 2. The van der Waals surface area contributed by atoms with E-state index in [-0.39, 0.29) is 25.4 Å². The van der Waals surface area contributed by atoms with E-state index >= 15 is 0 Å². The maximum Gasteiger partial charge on any atom is 0.344 e. The first-order chi connectivity index (χ1) is 20.3. The molecular weight excluding hydrogens is 755 g/mol. The lowest BCUT2D eigenvalue weighted by atomic mass is 9.97. The Kier molecular flexibility index (Phi) is 9.76. The Hall–Kier alpha value is -3.07. The minimum absolute atomic E-state index is 0.183. The summed E-state index contributed by atoms with van der Waals surface area (Å²) in [6, 6.07) is 16.2. The number of aromatic nitrogens is 1. The van der Waals surface area contributed by atoms with Gasteiger partial charge in [0.1, 0.15) is 11.8 Å². The molecule has 3 heterocycles. The predicted octanol–water partition coefficient (Wildman–Crippen LogP) is 5.31. The molecule has 0 spiro atoms. The van der Waals surface area contributed by atoms with Gasteiger partial charge in [0, 0.05) is 20.5 Å². The average Bonchev–Trinajstić information content (AvgIpc) is 3.61. The number of esters is 2. The van der Waals surface area contributed by atoms with Gasteiger partial charge in [-0.25, -0.2) is 14.6 Å². The summed E-state index contributed by atoms with van der Waals surface area (Å²) in [4.78, 5) is 45.7. The van der Waals surface area contributed by atoms with Crippen molar-refractivity contribution in [3.63, 3.8) is 0 Å². The smallest absolute Gasteiger partial charge is 0.344 e. The van der Waals surface area contributed by atoms with E-state index < -0.39 is 18.0 Å². The molecular formula is C30H24BrIN2O6S2. The Balaban J connectivity index is 1.73. The number of benzene rings is 2. The zero-order chi connectivity index (χ0) is 29.8. The number of ether oxygens (including phenoxy) is 3. The monoisotopic (exact) mass is 778 g/mol. The van der Waals surface area contributed by atoms with Crippen LogP contribution in [0, 0.1) is 3.57 Å². The molecule has 4 aromatic rings. The number of carbonyl (C=O) groups excluding carboxylic acids is 2. The zero-order valence-electron chi connectivity index (χ0n) is 22.5. The fraction of sp³-hybridized carbons (Fsp3) is 0.200. The number of thiazole rings is 1. The van der Waals surface area contributed by atoms with Crippen molar-refractivity contribution in [1.82, 2.24) is 4.57 Å². The molecule has 1 aliphatic heterocycles. The summed E-state index contributed by atoms with van der Waals surface area (Å²) in [5, 5.41) is 1.91. The van der Waals surface area contributed by atoms with Crippen molar-refractivity contribution >= 4 is 84.9 Å².